The highest BCUT2D eigenvalue weighted by Gasteiger charge is 2.24. The largest absolute Gasteiger partial charge is 0.378 e. The number of ether oxygens (including phenoxy) is 1. The Kier molecular flexibility index (Phi) is 5.11. The van der Waals surface area contributed by atoms with E-state index in [1.54, 1.807) is 22.0 Å². The fraction of sp³-hybridized carbons (Fsp3) is 0.625. The molecule has 142 valence electrons. The second kappa shape index (κ2) is 7.35. The van der Waals surface area contributed by atoms with Crippen molar-refractivity contribution >= 4 is 37.4 Å². The van der Waals surface area contributed by atoms with Crippen LogP contribution in [0.4, 0.5) is 5.82 Å². The fourth-order valence-electron chi connectivity index (χ4n) is 3.41. The van der Waals surface area contributed by atoms with Crippen molar-refractivity contribution in [2.75, 3.05) is 63.6 Å². The Morgan fingerprint density at radius 1 is 1.12 bits per heavy atom. The molecule has 10 heteroatoms. The van der Waals surface area contributed by atoms with E-state index < -0.39 is 10.0 Å². The molecule has 0 amide bonds. The van der Waals surface area contributed by atoms with E-state index in [1.165, 1.54) is 11.1 Å². The zero-order chi connectivity index (χ0) is 18.1. The predicted octanol–water partition coefficient (Wildman–Crippen LogP) is 0.605. The number of hydrogen-bond donors (Lipinski definition) is 0. The Bertz CT molecular complexity index is 871. The summed E-state index contributed by atoms with van der Waals surface area (Å²) in [7, 11) is -3.09. The lowest BCUT2D eigenvalue weighted by Crippen LogP contribution is -2.47. The number of thiophene rings is 1. The maximum absolute atomic E-state index is 11.6. The minimum absolute atomic E-state index is 0.558. The molecule has 4 heterocycles. The Morgan fingerprint density at radius 3 is 2.54 bits per heavy atom. The van der Waals surface area contributed by atoms with Crippen LogP contribution in [0.1, 0.15) is 4.88 Å². The molecule has 2 aromatic heterocycles. The zero-order valence-electron chi connectivity index (χ0n) is 14.8. The van der Waals surface area contributed by atoms with Gasteiger partial charge in [0.1, 0.15) is 12.1 Å². The zero-order valence-corrected chi connectivity index (χ0v) is 16.4. The monoisotopic (exact) mass is 397 g/mol. The van der Waals surface area contributed by atoms with E-state index in [2.05, 4.69) is 25.8 Å². The van der Waals surface area contributed by atoms with Crippen molar-refractivity contribution in [3.8, 4) is 0 Å². The molecule has 2 aliphatic heterocycles. The van der Waals surface area contributed by atoms with E-state index >= 15 is 0 Å². The third-order valence-corrected chi connectivity index (χ3v) is 7.24. The first kappa shape index (κ1) is 18.1. The molecule has 8 nitrogen and oxygen atoms in total. The van der Waals surface area contributed by atoms with Gasteiger partial charge in [-0.1, -0.05) is 0 Å². The van der Waals surface area contributed by atoms with E-state index in [0.29, 0.717) is 13.1 Å². The molecule has 4 rings (SSSR count). The minimum atomic E-state index is -3.09. The third-order valence-electron chi connectivity index (χ3n) is 4.83. The molecule has 0 aromatic carbocycles. The summed E-state index contributed by atoms with van der Waals surface area (Å²) < 4.78 is 31.4. The summed E-state index contributed by atoms with van der Waals surface area (Å²) in [4.78, 5) is 14.7. The van der Waals surface area contributed by atoms with E-state index in [4.69, 9.17) is 4.74 Å². The Balaban J connectivity index is 1.48. The average Bonchev–Trinajstić information content (AvgIpc) is 3.04. The van der Waals surface area contributed by atoms with Crippen LogP contribution in [0, 0.1) is 0 Å². The van der Waals surface area contributed by atoms with E-state index in [1.807, 2.05) is 0 Å². The quantitative estimate of drug-likeness (QED) is 0.748. The molecule has 2 saturated heterocycles. The molecule has 0 N–H and O–H groups in total. The Morgan fingerprint density at radius 2 is 1.85 bits per heavy atom. The van der Waals surface area contributed by atoms with Gasteiger partial charge in [0.15, 0.2) is 0 Å². The lowest BCUT2D eigenvalue weighted by molar-refractivity contribution is 0.122. The van der Waals surface area contributed by atoms with Crippen molar-refractivity contribution in [2.45, 2.75) is 6.54 Å². The van der Waals surface area contributed by atoms with Crippen LogP contribution in [0.5, 0.6) is 0 Å². The second-order valence-corrected chi connectivity index (χ2v) is 9.78. The summed E-state index contributed by atoms with van der Waals surface area (Å²) in [5, 5.41) is 0. The first-order valence-corrected chi connectivity index (χ1v) is 11.4. The van der Waals surface area contributed by atoms with Gasteiger partial charge in [-0.25, -0.2) is 18.4 Å². The lowest BCUT2D eigenvalue weighted by Gasteiger charge is -2.32. The molecular formula is C16H23N5O3S2. The predicted molar refractivity (Wildman–Crippen MR) is 102 cm³/mol. The number of morpholine rings is 1. The number of piperazine rings is 1. The number of nitrogens with zero attached hydrogens (tertiary/aromatic N) is 5. The van der Waals surface area contributed by atoms with Gasteiger partial charge in [0.2, 0.25) is 10.0 Å². The van der Waals surface area contributed by atoms with Crippen molar-refractivity contribution in [3.63, 3.8) is 0 Å². The summed E-state index contributed by atoms with van der Waals surface area (Å²) in [6.07, 6.45) is 2.91. The molecule has 2 aromatic rings. The Hall–Kier alpha value is -1.33. The van der Waals surface area contributed by atoms with Gasteiger partial charge in [0.05, 0.1) is 29.7 Å². The van der Waals surface area contributed by atoms with Gasteiger partial charge in [0.25, 0.3) is 0 Å². The molecule has 0 atom stereocenters. The molecule has 0 radical (unpaired) electrons. The second-order valence-electron chi connectivity index (χ2n) is 6.66. The number of anilines is 1. The van der Waals surface area contributed by atoms with Crippen LogP contribution in [0.25, 0.3) is 10.2 Å². The highest BCUT2D eigenvalue weighted by atomic mass is 32.2. The van der Waals surface area contributed by atoms with Crippen LogP contribution in [-0.2, 0) is 21.3 Å². The maximum Gasteiger partial charge on any atom is 0.211 e. The Labute approximate surface area is 157 Å². The van der Waals surface area contributed by atoms with Gasteiger partial charge in [0, 0.05) is 50.7 Å². The standard InChI is InChI=1S/C16H23N5O3S2/c1-26(22,23)21-4-2-19(3-5-21)11-13-10-14-15(25-13)16(18-12-17-14)20-6-8-24-9-7-20/h10,12H,2-9,11H2,1H3. The first-order chi connectivity index (χ1) is 12.5. The van der Waals surface area contributed by atoms with Crippen LogP contribution >= 0.6 is 11.3 Å². The summed E-state index contributed by atoms with van der Waals surface area (Å²) >= 11 is 1.74. The summed E-state index contributed by atoms with van der Waals surface area (Å²) in [5.41, 5.74) is 0.983. The van der Waals surface area contributed by atoms with Gasteiger partial charge in [-0.2, -0.15) is 4.31 Å². The van der Waals surface area contributed by atoms with Gasteiger partial charge < -0.3 is 9.64 Å². The topological polar surface area (TPSA) is 78.9 Å². The van der Waals surface area contributed by atoms with Crippen molar-refractivity contribution in [1.29, 1.82) is 0 Å². The van der Waals surface area contributed by atoms with Crippen LogP contribution in [0.15, 0.2) is 12.4 Å². The van der Waals surface area contributed by atoms with Crippen LogP contribution < -0.4 is 4.90 Å². The molecular weight excluding hydrogens is 374 g/mol. The third kappa shape index (κ3) is 3.84. The summed E-state index contributed by atoms with van der Waals surface area (Å²) in [5.74, 6) is 0.997. The van der Waals surface area contributed by atoms with Crippen molar-refractivity contribution in [1.82, 2.24) is 19.2 Å². The maximum atomic E-state index is 11.6. The molecule has 2 fully saturated rings. The number of hydrogen-bond acceptors (Lipinski definition) is 8. The molecule has 2 aliphatic rings. The van der Waals surface area contributed by atoms with Crippen LogP contribution in [0.3, 0.4) is 0 Å². The SMILES string of the molecule is CS(=O)(=O)N1CCN(Cc2cc3ncnc(N4CCOCC4)c3s2)CC1. The van der Waals surface area contributed by atoms with E-state index in [9.17, 15) is 8.42 Å². The fourth-order valence-corrected chi connectivity index (χ4v) is 5.41. The molecule has 26 heavy (non-hydrogen) atoms. The van der Waals surface area contributed by atoms with Gasteiger partial charge in [-0.15, -0.1) is 11.3 Å². The lowest BCUT2D eigenvalue weighted by atomic mass is 10.3. The van der Waals surface area contributed by atoms with Crippen LogP contribution in [0.2, 0.25) is 0 Å². The van der Waals surface area contributed by atoms with Gasteiger partial charge >= 0.3 is 0 Å². The van der Waals surface area contributed by atoms with Gasteiger partial charge in [-0.3, -0.25) is 4.90 Å². The number of sulfonamides is 1. The number of aromatic nitrogens is 2. The van der Waals surface area contributed by atoms with Gasteiger partial charge in [-0.05, 0) is 6.07 Å². The molecule has 0 spiro atoms. The number of fused-ring (bicyclic) bond motifs is 1. The molecule has 0 saturated carbocycles. The molecule has 0 aliphatic carbocycles. The highest BCUT2D eigenvalue weighted by molar-refractivity contribution is 7.88. The highest BCUT2D eigenvalue weighted by Crippen LogP contribution is 2.32. The molecule has 0 unspecified atom stereocenters. The van der Waals surface area contributed by atoms with E-state index in [0.717, 1.165) is 62.0 Å². The summed E-state index contributed by atoms with van der Waals surface area (Å²) in [6, 6.07) is 2.13. The van der Waals surface area contributed by atoms with Crippen molar-refractivity contribution < 1.29 is 13.2 Å². The van der Waals surface area contributed by atoms with Crippen LogP contribution in [-0.4, -0.2) is 86.3 Å². The first-order valence-electron chi connectivity index (χ1n) is 8.74. The number of rotatable bonds is 4. The van der Waals surface area contributed by atoms with Crippen molar-refractivity contribution in [3.05, 3.63) is 17.3 Å². The van der Waals surface area contributed by atoms with Crippen molar-refractivity contribution in [2.24, 2.45) is 0 Å². The average molecular weight is 398 g/mol. The molecule has 0 bridgehead atoms. The minimum Gasteiger partial charge on any atom is -0.378 e. The normalized spacial score (nSPS) is 20.7. The summed E-state index contributed by atoms with van der Waals surface area (Å²) in [6.45, 7) is 6.61. The van der Waals surface area contributed by atoms with E-state index in [-0.39, 0.29) is 0 Å². The smallest absolute Gasteiger partial charge is 0.211 e.